The molecular weight excluding hydrogens is 194 g/mol. The van der Waals surface area contributed by atoms with Crippen LogP contribution in [0.4, 0.5) is 0 Å². The second-order valence-corrected chi connectivity index (χ2v) is 3.62. The highest BCUT2D eigenvalue weighted by Gasteiger charge is 2.35. The molecule has 2 rings (SSSR count). The van der Waals surface area contributed by atoms with Gasteiger partial charge in [-0.15, -0.1) is 0 Å². The summed E-state index contributed by atoms with van der Waals surface area (Å²) in [6.07, 6.45) is -0.702. The summed E-state index contributed by atoms with van der Waals surface area (Å²) in [7, 11) is 0. The number of rotatable bonds is 2. The number of fused-ring (bicyclic) bond motifs is 1. The van der Waals surface area contributed by atoms with Gasteiger partial charge in [0.25, 0.3) is 11.8 Å². The van der Waals surface area contributed by atoms with Crippen molar-refractivity contribution in [2.45, 2.75) is 13.0 Å². The molecule has 1 atom stereocenters. The number of imide groups is 1. The molecule has 15 heavy (non-hydrogen) atoms. The van der Waals surface area contributed by atoms with E-state index in [4.69, 9.17) is 0 Å². The Kier molecular flexibility index (Phi) is 2.28. The van der Waals surface area contributed by atoms with Gasteiger partial charge >= 0.3 is 0 Å². The number of aliphatic hydroxyl groups is 1. The number of benzene rings is 1. The predicted molar refractivity (Wildman–Crippen MR) is 53.5 cm³/mol. The van der Waals surface area contributed by atoms with E-state index >= 15 is 0 Å². The lowest BCUT2D eigenvalue weighted by atomic mass is 10.1. The van der Waals surface area contributed by atoms with Gasteiger partial charge in [0.05, 0.1) is 23.8 Å². The summed E-state index contributed by atoms with van der Waals surface area (Å²) in [5, 5.41) is 9.18. The summed E-state index contributed by atoms with van der Waals surface area (Å²) in [4.78, 5) is 24.6. The van der Waals surface area contributed by atoms with Gasteiger partial charge < -0.3 is 5.11 Å². The van der Waals surface area contributed by atoms with E-state index in [0.29, 0.717) is 11.1 Å². The number of carbonyl (C=O) groups is 2. The van der Waals surface area contributed by atoms with Crippen molar-refractivity contribution in [1.29, 1.82) is 0 Å². The van der Waals surface area contributed by atoms with Crippen LogP contribution >= 0.6 is 0 Å². The van der Waals surface area contributed by atoms with Crippen molar-refractivity contribution in [2.24, 2.45) is 0 Å². The molecule has 0 unspecified atom stereocenters. The van der Waals surface area contributed by atoms with E-state index in [1.54, 1.807) is 31.2 Å². The zero-order valence-electron chi connectivity index (χ0n) is 8.30. The fourth-order valence-corrected chi connectivity index (χ4v) is 1.67. The monoisotopic (exact) mass is 205 g/mol. The van der Waals surface area contributed by atoms with Crippen LogP contribution in [0.15, 0.2) is 24.3 Å². The van der Waals surface area contributed by atoms with E-state index in [-0.39, 0.29) is 18.4 Å². The molecule has 0 bridgehead atoms. The van der Waals surface area contributed by atoms with Gasteiger partial charge in [0, 0.05) is 0 Å². The molecule has 1 aromatic rings. The minimum Gasteiger partial charge on any atom is -0.392 e. The largest absolute Gasteiger partial charge is 0.392 e. The molecule has 1 heterocycles. The first-order valence-electron chi connectivity index (χ1n) is 4.74. The summed E-state index contributed by atoms with van der Waals surface area (Å²) in [6, 6.07) is 6.68. The number of hydrogen-bond acceptors (Lipinski definition) is 3. The summed E-state index contributed by atoms with van der Waals surface area (Å²) in [5.41, 5.74) is 0.839. The summed E-state index contributed by atoms with van der Waals surface area (Å²) < 4.78 is 0. The number of aliphatic hydroxyl groups excluding tert-OH is 1. The summed E-state index contributed by atoms with van der Waals surface area (Å²) in [6.45, 7) is 1.59. The molecular formula is C11H11NO3. The Labute approximate surface area is 87.1 Å². The molecule has 0 aromatic heterocycles. The van der Waals surface area contributed by atoms with Crippen molar-refractivity contribution in [2.75, 3.05) is 6.54 Å². The molecule has 0 saturated heterocycles. The normalized spacial score (nSPS) is 16.8. The van der Waals surface area contributed by atoms with E-state index in [9.17, 15) is 14.7 Å². The van der Waals surface area contributed by atoms with E-state index in [1.165, 1.54) is 0 Å². The fraction of sp³-hybridized carbons (Fsp3) is 0.273. The quantitative estimate of drug-likeness (QED) is 0.722. The van der Waals surface area contributed by atoms with Crippen molar-refractivity contribution in [3.05, 3.63) is 35.4 Å². The molecule has 1 aromatic carbocycles. The van der Waals surface area contributed by atoms with Gasteiger partial charge in [0.1, 0.15) is 0 Å². The van der Waals surface area contributed by atoms with Crippen LogP contribution in [0.5, 0.6) is 0 Å². The van der Waals surface area contributed by atoms with Gasteiger partial charge in [0.15, 0.2) is 0 Å². The van der Waals surface area contributed by atoms with Crippen LogP contribution in [0.2, 0.25) is 0 Å². The van der Waals surface area contributed by atoms with Crippen molar-refractivity contribution >= 4 is 11.8 Å². The molecule has 1 aliphatic rings. The lowest BCUT2D eigenvalue weighted by molar-refractivity contribution is 0.0563. The zero-order chi connectivity index (χ0) is 11.0. The highest BCUT2D eigenvalue weighted by Crippen LogP contribution is 2.22. The first-order valence-corrected chi connectivity index (χ1v) is 4.74. The van der Waals surface area contributed by atoms with Crippen molar-refractivity contribution < 1.29 is 14.7 Å². The Bertz CT molecular complexity index is 391. The van der Waals surface area contributed by atoms with Crippen LogP contribution < -0.4 is 0 Å². The Morgan fingerprint density at radius 2 is 1.67 bits per heavy atom. The van der Waals surface area contributed by atoms with Crippen LogP contribution in [0.1, 0.15) is 27.6 Å². The number of β-amino-alcohol motifs (C(OH)–C–C–N with tert-alkyl or cyclic N) is 1. The van der Waals surface area contributed by atoms with Gasteiger partial charge in [-0.3, -0.25) is 14.5 Å². The van der Waals surface area contributed by atoms with Crippen LogP contribution in [0.3, 0.4) is 0 Å². The van der Waals surface area contributed by atoms with Crippen molar-refractivity contribution in [1.82, 2.24) is 4.90 Å². The molecule has 2 amide bonds. The van der Waals surface area contributed by atoms with Crippen LogP contribution in [-0.4, -0.2) is 34.5 Å². The minimum absolute atomic E-state index is 0.0480. The maximum atomic E-state index is 11.7. The average Bonchev–Trinajstić information content (AvgIpc) is 2.44. The Morgan fingerprint density at radius 3 is 2.07 bits per heavy atom. The van der Waals surface area contributed by atoms with Gasteiger partial charge in [-0.2, -0.15) is 0 Å². The number of carbonyl (C=O) groups excluding carboxylic acids is 2. The van der Waals surface area contributed by atoms with Gasteiger partial charge in [-0.05, 0) is 19.1 Å². The van der Waals surface area contributed by atoms with E-state index < -0.39 is 6.10 Å². The molecule has 78 valence electrons. The van der Waals surface area contributed by atoms with Crippen LogP contribution in [0, 0.1) is 0 Å². The molecule has 4 nitrogen and oxygen atoms in total. The highest BCUT2D eigenvalue weighted by molar-refractivity contribution is 6.21. The molecule has 0 aliphatic carbocycles. The average molecular weight is 205 g/mol. The second kappa shape index (κ2) is 3.47. The third kappa shape index (κ3) is 1.53. The molecule has 0 saturated carbocycles. The number of nitrogens with zero attached hydrogens (tertiary/aromatic N) is 1. The van der Waals surface area contributed by atoms with Crippen molar-refractivity contribution in [3.8, 4) is 0 Å². The lowest BCUT2D eigenvalue weighted by Gasteiger charge is -2.15. The molecule has 0 spiro atoms. The third-order valence-electron chi connectivity index (χ3n) is 2.32. The fourth-order valence-electron chi connectivity index (χ4n) is 1.67. The Morgan fingerprint density at radius 1 is 1.20 bits per heavy atom. The van der Waals surface area contributed by atoms with Crippen molar-refractivity contribution in [3.63, 3.8) is 0 Å². The summed E-state index contributed by atoms with van der Waals surface area (Å²) in [5.74, 6) is -0.645. The smallest absolute Gasteiger partial charge is 0.261 e. The predicted octanol–water partition coefficient (Wildman–Crippen LogP) is 0.663. The van der Waals surface area contributed by atoms with Gasteiger partial charge in [-0.25, -0.2) is 0 Å². The molecule has 1 N–H and O–H groups in total. The van der Waals surface area contributed by atoms with Gasteiger partial charge in [-0.1, -0.05) is 12.1 Å². The maximum absolute atomic E-state index is 11.7. The Hall–Kier alpha value is -1.68. The SMILES string of the molecule is C[C@@H](O)CN1C(=O)c2ccccc2C1=O. The zero-order valence-corrected chi connectivity index (χ0v) is 8.30. The van der Waals surface area contributed by atoms with Crippen LogP contribution in [0.25, 0.3) is 0 Å². The number of amides is 2. The molecule has 1 aliphatic heterocycles. The lowest BCUT2D eigenvalue weighted by Crippen LogP contribution is -2.35. The summed E-state index contributed by atoms with van der Waals surface area (Å²) >= 11 is 0. The molecule has 0 radical (unpaired) electrons. The van der Waals surface area contributed by atoms with E-state index in [2.05, 4.69) is 0 Å². The third-order valence-corrected chi connectivity index (χ3v) is 2.32. The van der Waals surface area contributed by atoms with Crippen LogP contribution in [-0.2, 0) is 0 Å². The first-order chi connectivity index (χ1) is 7.11. The van der Waals surface area contributed by atoms with Gasteiger partial charge in [0.2, 0.25) is 0 Å². The standard InChI is InChI=1S/C11H11NO3/c1-7(13)6-12-10(14)8-4-2-3-5-9(8)11(12)15/h2-5,7,13H,6H2,1H3/t7-/m1/s1. The maximum Gasteiger partial charge on any atom is 0.261 e. The first kappa shape index (κ1) is 9.86. The van der Waals surface area contributed by atoms with E-state index in [1.807, 2.05) is 0 Å². The Balaban J connectivity index is 2.37. The topological polar surface area (TPSA) is 57.6 Å². The number of hydrogen-bond donors (Lipinski definition) is 1. The van der Waals surface area contributed by atoms with E-state index in [0.717, 1.165) is 4.90 Å². The minimum atomic E-state index is -0.702. The second-order valence-electron chi connectivity index (χ2n) is 3.62. The molecule has 0 fully saturated rings. The molecule has 4 heteroatoms. The highest BCUT2D eigenvalue weighted by atomic mass is 16.3.